The number of hydrogen-bond donors (Lipinski definition) is 2. The third-order valence-electron chi connectivity index (χ3n) is 5.92. The van der Waals surface area contributed by atoms with Crippen LogP contribution in [-0.4, -0.2) is 34.0 Å². The molecule has 0 spiro atoms. The largest absolute Gasteiger partial charge is 0.494 e. The van der Waals surface area contributed by atoms with Crippen LogP contribution in [0.4, 0.5) is 13.2 Å². The van der Waals surface area contributed by atoms with Gasteiger partial charge in [0, 0.05) is 29.4 Å². The fourth-order valence-corrected chi connectivity index (χ4v) is 4.42. The molecule has 6 nitrogen and oxygen atoms in total. The van der Waals surface area contributed by atoms with Crippen molar-refractivity contribution >= 4 is 0 Å². The van der Waals surface area contributed by atoms with E-state index in [9.17, 15) is 13.2 Å². The number of nitrogens with zero attached hydrogens (tertiary/aromatic N) is 3. The SMILES string of the molecule is C[11CH2]Oc1ccc(-n2cnnc2C(F)(F)F)cc1C(C)N[C@H]1CCCN[C@H]1c1ccccc1. The van der Waals surface area contributed by atoms with Gasteiger partial charge in [-0.25, -0.2) is 0 Å². The Morgan fingerprint density at radius 3 is 2.73 bits per heavy atom. The molecule has 1 saturated heterocycles. The maximum atomic E-state index is 13.4. The Morgan fingerprint density at radius 2 is 2.00 bits per heavy atom. The van der Waals surface area contributed by atoms with Crippen LogP contribution in [0.3, 0.4) is 0 Å². The zero-order valence-electron chi connectivity index (χ0n) is 18.6. The molecule has 1 aromatic heterocycles. The van der Waals surface area contributed by atoms with E-state index in [1.165, 1.54) is 5.56 Å². The molecule has 0 saturated carbocycles. The first-order valence-corrected chi connectivity index (χ1v) is 11.2. The minimum atomic E-state index is -4.60. The van der Waals surface area contributed by atoms with Gasteiger partial charge in [-0.15, -0.1) is 10.2 Å². The molecule has 176 valence electrons. The fraction of sp³-hybridized carbons (Fsp3) is 0.417. The monoisotopic (exact) mass is 458 g/mol. The highest BCUT2D eigenvalue weighted by molar-refractivity contribution is 5.46. The average molecular weight is 459 g/mol. The lowest BCUT2D eigenvalue weighted by atomic mass is 9.91. The van der Waals surface area contributed by atoms with Crippen molar-refractivity contribution in [1.82, 2.24) is 25.4 Å². The van der Waals surface area contributed by atoms with Gasteiger partial charge in [0.15, 0.2) is 0 Å². The second-order valence-electron chi connectivity index (χ2n) is 8.16. The van der Waals surface area contributed by atoms with Gasteiger partial charge in [-0.1, -0.05) is 30.3 Å². The van der Waals surface area contributed by atoms with Crippen LogP contribution in [-0.2, 0) is 6.18 Å². The number of ether oxygens (including phenoxy) is 1. The van der Waals surface area contributed by atoms with Crippen LogP contribution < -0.4 is 15.4 Å². The van der Waals surface area contributed by atoms with Crippen molar-refractivity contribution in [2.24, 2.45) is 0 Å². The van der Waals surface area contributed by atoms with Crippen molar-refractivity contribution in [3.8, 4) is 11.4 Å². The van der Waals surface area contributed by atoms with Gasteiger partial charge in [0.05, 0.1) is 6.61 Å². The number of alkyl halides is 3. The minimum absolute atomic E-state index is 0.149. The molecule has 3 atom stereocenters. The zero-order chi connectivity index (χ0) is 23.4. The first-order valence-electron chi connectivity index (χ1n) is 11.2. The highest BCUT2D eigenvalue weighted by Gasteiger charge is 2.37. The Balaban J connectivity index is 1.64. The van der Waals surface area contributed by atoms with Crippen LogP contribution >= 0.6 is 0 Å². The summed E-state index contributed by atoms with van der Waals surface area (Å²) in [5.74, 6) is -0.415. The van der Waals surface area contributed by atoms with Crippen molar-refractivity contribution in [2.75, 3.05) is 13.2 Å². The van der Waals surface area contributed by atoms with Crippen molar-refractivity contribution in [1.29, 1.82) is 0 Å². The van der Waals surface area contributed by atoms with Gasteiger partial charge in [0.2, 0.25) is 5.82 Å². The minimum Gasteiger partial charge on any atom is -0.494 e. The Labute approximate surface area is 191 Å². The standard InChI is InChI=1S/C24H28F3N5O/c1-3-33-21-12-11-18(32-15-29-31-23(32)24(25,26)27)14-19(21)16(2)30-20-10-7-13-28-22(20)17-8-5-4-6-9-17/h4-6,8-9,11-12,14-16,20,22,28,30H,3,7,10,13H2,1-2H3/t16?,20-,22-/m0/s1/i3-1. The molecule has 4 rings (SSSR count). The summed E-state index contributed by atoms with van der Waals surface area (Å²) in [7, 11) is 0. The molecule has 0 amide bonds. The summed E-state index contributed by atoms with van der Waals surface area (Å²) in [6.07, 6.45) is -1.49. The van der Waals surface area contributed by atoms with Crippen molar-refractivity contribution in [3.05, 3.63) is 71.8 Å². The lowest BCUT2D eigenvalue weighted by Gasteiger charge is -2.36. The molecule has 0 aliphatic carbocycles. The first-order chi connectivity index (χ1) is 15.9. The van der Waals surface area contributed by atoms with Crippen molar-refractivity contribution in [3.63, 3.8) is 0 Å². The van der Waals surface area contributed by atoms with Crippen LogP contribution in [0.2, 0.25) is 0 Å². The van der Waals surface area contributed by atoms with Gasteiger partial charge in [-0.05, 0) is 57.0 Å². The lowest BCUT2D eigenvalue weighted by molar-refractivity contribution is -0.146. The van der Waals surface area contributed by atoms with Gasteiger partial charge in [0.1, 0.15) is 12.1 Å². The average Bonchev–Trinajstić information content (AvgIpc) is 3.31. The molecule has 2 N–H and O–H groups in total. The molecule has 1 aliphatic heterocycles. The number of hydrogen-bond acceptors (Lipinski definition) is 5. The number of nitrogens with one attached hydrogen (secondary N) is 2. The van der Waals surface area contributed by atoms with Crippen LogP contribution in [0.15, 0.2) is 54.9 Å². The molecular weight excluding hydrogens is 430 g/mol. The zero-order valence-corrected chi connectivity index (χ0v) is 18.6. The summed E-state index contributed by atoms with van der Waals surface area (Å²) >= 11 is 0. The van der Waals surface area contributed by atoms with Crippen LogP contribution in [0, 0.1) is 0 Å². The third kappa shape index (κ3) is 5.20. The van der Waals surface area contributed by atoms with E-state index in [1.54, 1.807) is 18.2 Å². The second kappa shape index (κ2) is 9.93. The summed E-state index contributed by atoms with van der Waals surface area (Å²) in [5, 5.41) is 14.0. The van der Waals surface area contributed by atoms with Gasteiger partial charge >= 0.3 is 6.18 Å². The maximum Gasteiger partial charge on any atom is 0.452 e. The van der Waals surface area contributed by atoms with Gasteiger partial charge in [-0.3, -0.25) is 4.57 Å². The Hall–Kier alpha value is -2.91. The molecular formula is C24H28F3N5O. The molecule has 33 heavy (non-hydrogen) atoms. The summed E-state index contributed by atoms with van der Waals surface area (Å²) in [6.45, 7) is 5.29. The highest BCUT2D eigenvalue weighted by atomic mass is 19.4. The number of benzene rings is 2. The number of aromatic nitrogens is 3. The number of piperidine rings is 1. The second-order valence-corrected chi connectivity index (χ2v) is 8.16. The summed E-state index contributed by atoms with van der Waals surface area (Å²) in [4.78, 5) is 0. The van der Waals surface area contributed by atoms with Crippen LogP contribution in [0.1, 0.15) is 55.7 Å². The Bertz CT molecular complexity index is 1050. The molecule has 1 aliphatic rings. The van der Waals surface area contributed by atoms with Gasteiger partial charge in [0.25, 0.3) is 0 Å². The molecule has 3 aromatic rings. The molecule has 9 heteroatoms. The normalized spacial score (nSPS) is 19.9. The fourth-order valence-electron chi connectivity index (χ4n) is 4.42. The van der Waals surface area contributed by atoms with Crippen molar-refractivity contribution in [2.45, 2.75) is 51.0 Å². The van der Waals surface area contributed by atoms with Crippen LogP contribution in [0.25, 0.3) is 5.69 Å². The van der Waals surface area contributed by atoms with Crippen molar-refractivity contribution < 1.29 is 17.9 Å². The first kappa shape index (κ1) is 23.3. The van der Waals surface area contributed by atoms with E-state index in [0.29, 0.717) is 18.0 Å². The van der Waals surface area contributed by atoms with E-state index in [0.717, 1.165) is 35.8 Å². The van der Waals surface area contributed by atoms with E-state index in [4.69, 9.17) is 4.74 Å². The van der Waals surface area contributed by atoms with E-state index < -0.39 is 12.0 Å². The number of rotatable bonds is 7. The highest BCUT2D eigenvalue weighted by Crippen LogP contribution is 2.34. The van der Waals surface area contributed by atoms with Gasteiger partial charge < -0.3 is 15.4 Å². The Kier molecular flexibility index (Phi) is 6.99. The van der Waals surface area contributed by atoms with Crippen LogP contribution in [0.5, 0.6) is 5.75 Å². The smallest absolute Gasteiger partial charge is 0.452 e. The number of halogens is 3. The molecule has 2 aromatic carbocycles. The van der Waals surface area contributed by atoms with E-state index in [1.807, 2.05) is 32.0 Å². The predicted octanol–water partition coefficient (Wildman–Crippen LogP) is 4.83. The summed E-state index contributed by atoms with van der Waals surface area (Å²) in [5.41, 5.74) is 2.33. The summed E-state index contributed by atoms with van der Waals surface area (Å²) in [6, 6.07) is 15.4. The lowest BCUT2D eigenvalue weighted by Crippen LogP contribution is -2.46. The third-order valence-corrected chi connectivity index (χ3v) is 5.92. The summed E-state index contributed by atoms with van der Waals surface area (Å²) < 4.78 is 46.9. The Morgan fingerprint density at radius 1 is 1.21 bits per heavy atom. The maximum absolute atomic E-state index is 13.4. The molecule has 2 heterocycles. The quantitative estimate of drug-likeness (QED) is 0.531. The van der Waals surface area contributed by atoms with E-state index >= 15 is 0 Å². The predicted molar refractivity (Wildman–Crippen MR) is 119 cm³/mol. The molecule has 0 radical (unpaired) electrons. The molecule has 0 bridgehead atoms. The van der Waals surface area contributed by atoms with Gasteiger partial charge in [-0.2, -0.15) is 13.2 Å². The molecule has 1 fully saturated rings. The van der Waals surface area contributed by atoms with E-state index in [-0.39, 0.29) is 18.1 Å². The molecule has 1 unspecified atom stereocenters. The van der Waals surface area contributed by atoms with E-state index in [2.05, 4.69) is 33.0 Å². The topological polar surface area (TPSA) is 64.0 Å².